The summed E-state index contributed by atoms with van der Waals surface area (Å²) in [5.74, 6) is -0.0748. The first-order valence-electron chi connectivity index (χ1n) is 9.91. The lowest BCUT2D eigenvalue weighted by molar-refractivity contribution is 0.0694. The molecular formula is C25H28N2O3. The van der Waals surface area contributed by atoms with Gasteiger partial charge in [0, 0.05) is 36.6 Å². The van der Waals surface area contributed by atoms with Crippen LogP contribution in [0.3, 0.4) is 0 Å². The molecule has 156 valence electrons. The van der Waals surface area contributed by atoms with Gasteiger partial charge in [0.15, 0.2) is 0 Å². The molecule has 1 heterocycles. The number of hydrogen-bond acceptors (Lipinski definition) is 3. The van der Waals surface area contributed by atoms with Crippen LogP contribution in [-0.2, 0) is 19.6 Å². The van der Waals surface area contributed by atoms with Crippen molar-refractivity contribution in [3.8, 4) is 5.75 Å². The van der Waals surface area contributed by atoms with Gasteiger partial charge in [-0.05, 0) is 42.7 Å². The zero-order valence-electron chi connectivity index (χ0n) is 17.7. The molecule has 0 unspecified atom stereocenters. The number of ether oxygens (including phenoxy) is 1. The Morgan fingerprint density at radius 1 is 1.03 bits per heavy atom. The summed E-state index contributed by atoms with van der Waals surface area (Å²) in [6.07, 6.45) is 1.81. The Kier molecular flexibility index (Phi) is 6.75. The molecule has 2 aromatic carbocycles. The van der Waals surface area contributed by atoms with E-state index < -0.39 is 5.97 Å². The summed E-state index contributed by atoms with van der Waals surface area (Å²) in [6.45, 7) is 9.42. The number of carboxylic acids is 1. The van der Waals surface area contributed by atoms with Crippen molar-refractivity contribution in [2.24, 2.45) is 0 Å². The number of carboxylic acid groups (broad SMARTS) is 1. The molecule has 0 aliphatic rings. The summed E-state index contributed by atoms with van der Waals surface area (Å²) in [7, 11) is 1.64. The quantitative estimate of drug-likeness (QED) is 0.538. The fraction of sp³-hybridized carbons (Fsp3) is 0.240. The molecule has 3 rings (SSSR count). The highest BCUT2D eigenvalue weighted by atomic mass is 16.5. The minimum atomic E-state index is -0.891. The van der Waals surface area contributed by atoms with E-state index in [0.29, 0.717) is 25.2 Å². The lowest BCUT2D eigenvalue weighted by atomic mass is 10.1. The first-order chi connectivity index (χ1) is 14.4. The first kappa shape index (κ1) is 21.4. The third-order valence-electron chi connectivity index (χ3n) is 5.47. The normalized spacial score (nSPS) is 10.8. The fourth-order valence-corrected chi connectivity index (χ4v) is 3.70. The van der Waals surface area contributed by atoms with Crippen molar-refractivity contribution < 1.29 is 14.6 Å². The van der Waals surface area contributed by atoms with Gasteiger partial charge in [-0.1, -0.05) is 49.1 Å². The van der Waals surface area contributed by atoms with Crippen molar-refractivity contribution in [3.05, 3.63) is 94.3 Å². The molecule has 0 saturated carbocycles. The number of nitrogens with zero attached hydrogens (tertiary/aromatic N) is 1. The number of aromatic nitrogens is 1. The summed E-state index contributed by atoms with van der Waals surface area (Å²) in [4.78, 5) is 12.0. The molecule has 5 heteroatoms. The summed E-state index contributed by atoms with van der Waals surface area (Å²) >= 11 is 0. The van der Waals surface area contributed by atoms with Crippen LogP contribution in [0.2, 0.25) is 0 Å². The maximum Gasteiger partial charge on any atom is 0.337 e. The number of hydrogen-bond donors (Lipinski definition) is 2. The highest BCUT2D eigenvalue weighted by Gasteiger charge is 2.22. The van der Waals surface area contributed by atoms with Gasteiger partial charge in [0.05, 0.1) is 12.7 Å². The van der Waals surface area contributed by atoms with Gasteiger partial charge >= 0.3 is 5.97 Å². The van der Waals surface area contributed by atoms with Gasteiger partial charge < -0.3 is 19.7 Å². The number of methoxy groups -OCH3 is 1. The molecule has 0 radical (unpaired) electrons. The third-order valence-corrected chi connectivity index (χ3v) is 5.47. The predicted octanol–water partition coefficient (Wildman–Crippen LogP) is 4.79. The van der Waals surface area contributed by atoms with Crippen molar-refractivity contribution in [2.45, 2.75) is 33.5 Å². The van der Waals surface area contributed by atoms with Gasteiger partial charge in [-0.25, -0.2) is 4.79 Å². The minimum absolute atomic E-state index is 0.387. The smallest absolute Gasteiger partial charge is 0.337 e. The van der Waals surface area contributed by atoms with Gasteiger partial charge in [-0.2, -0.15) is 0 Å². The highest BCUT2D eigenvalue weighted by Crippen LogP contribution is 2.24. The van der Waals surface area contributed by atoms with Crippen molar-refractivity contribution in [1.82, 2.24) is 9.88 Å². The van der Waals surface area contributed by atoms with Crippen LogP contribution in [0.4, 0.5) is 0 Å². The zero-order chi connectivity index (χ0) is 21.7. The SMILES string of the molecule is C=Cc1ccc(Cn2c(C)c(CNCc3ccc(OC)cc3)c(C(=O)O)c2C)cc1. The Labute approximate surface area is 177 Å². The van der Waals surface area contributed by atoms with E-state index in [4.69, 9.17) is 4.74 Å². The molecule has 0 atom stereocenters. The maximum atomic E-state index is 12.0. The highest BCUT2D eigenvalue weighted by molar-refractivity contribution is 5.91. The lowest BCUT2D eigenvalue weighted by Gasteiger charge is -2.11. The van der Waals surface area contributed by atoms with Gasteiger partial charge in [0.2, 0.25) is 0 Å². The van der Waals surface area contributed by atoms with Crippen LogP contribution in [0.15, 0.2) is 55.1 Å². The molecule has 30 heavy (non-hydrogen) atoms. The van der Waals surface area contributed by atoms with Crippen molar-refractivity contribution >= 4 is 12.0 Å². The van der Waals surface area contributed by atoms with Crippen LogP contribution >= 0.6 is 0 Å². The van der Waals surface area contributed by atoms with E-state index in [0.717, 1.165) is 39.4 Å². The zero-order valence-corrected chi connectivity index (χ0v) is 17.7. The molecule has 0 bridgehead atoms. The van der Waals surface area contributed by atoms with E-state index in [1.807, 2.05) is 56.3 Å². The van der Waals surface area contributed by atoms with Crippen molar-refractivity contribution in [1.29, 1.82) is 0 Å². The van der Waals surface area contributed by atoms with E-state index in [1.165, 1.54) is 0 Å². The van der Waals surface area contributed by atoms with Gasteiger partial charge in [-0.15, -0.1) is 0 Å². The number of rotatable bonds is 9. The molecule has 0 aliphatic heterocycles. The second kappa shape index (κ2) is 9.46. The maximum absolute atomic E-state index is 12.0. The summed E-state index contributed by atoms with van der Waals surface area (Å²) in [6, 6.07) is 16.0. The summed E-state index contributed by atoms with van der Waals surface area (Å²) in [5, 5.41) is 13.2. The first-order valence-corrected chi connectivity index (χ1v) is 9.91. The lowest BCUT2D eigenvalue weighted by Crippen LogP contribution is -2.15. The van der Waals surface area contributed by atoms with E-state index in [1.54, 1.807) is 7.11 Å². The second-order valence-electron chi connectivity index (χ2n) is 7.31. The number of nitrogens with one attached hydrogen (secondary N) is 1. The van der Waals surface area contributed by atoms with Crippen LogP contribution < -0.4 is 10.1 Å². The number of benzene rings is 2. The van der Waals surface area contributed by atoms with E-state index in [2.05, 4.69) is 28.6 Å². The van der Waals surface area contributed by atoms with E-state index >= 15 is 0 Å². The van der Waals surface area contributed by atoms with E-state index in [-0.39, 0.29) is 0 Å². The Balaban J connectivity index is 1.79. The molecule has 0 fully saturated rings. The van der Waals surface area contributed by atoms with Gasteiger partial charge in [0.1, 0.15) is 5.75 Å². The minimum Gasteiger partial charge on any atom is -0.497 e. The molecule has 0 saturated heterocycles. The molecule has 0 spiro atoms. The molecule has 3 aromatic rings. The van der Waals surface area contributed by atoms with Crippen LogP contribution in [0.25, 0.3) is 6.08 Å². The fourth-order valence-electron chi connectivity index (χ4n) is 3.70. The third kappa shape index (κ3) is 4.63. The van der Waals surface area contributed by atoms with Crippen LogP contribution in [0.5, 0.6) is 5.75 Å². The van der Waals surface area contributed by atoms with Gasteiger partial charge in [0.25, 0.3) is 0 Å². The molecule has 0 aliphatic carbocycles. The average Bonchev–Trinajstić information content (AvgIpc) is 2.99. The predicted molar refractivity (Wildman–Crippen MR) is 120 cm³/mol. The topological polar surface area (TPSA) is 63.5 Å². The molecule has 2 N–H and O–H groups in total. The standard InChI is InChI=1S/C25H28N2O3/c1-5-19-6-8-21(9-7-19)16-27-17(2)23(24(18(27)3)25(28)29)15-26-14-20-10-12-22(30-4)13-11-20/h5-13,26H,1,14-16H2,2-4H3,(H,28,29). The second-order valence-corrected chi connectivity index (χ2v) is 7.31. The Bertz CT molecular complexity index is 1030. The number of carbonyl (C=O) groups is 1. The largest absolute Gasteiger partial charge is 0.497 e. The Hall–Kier alpha value is -3.31. The summed E-state index contributed by atoms with van der Waals surface area (Å²) < 4.78 is 7.27. The average molecular weight is 405 g/mol. The van der Waals surface area contributed by atoms with Crippen molar-refractivity contribution in [2.75, 3.05) is 7.11 Å². The molecular weight excluding hydrogens is 376 g/mol. The number of aromatic carboxylic acids is 1. The van der Waals surface area contributed by atoms with Crippen LogP contribution in [0.1, 0.15) is 44.0 Å². The van der Waals surface area contributed by atoms with E-state index in [9.17, 15) is 9.90 Å². The van der Waals surface area contributed by atoms with Crippen LogP contribution in [-0.4, -0.2) is 22.8 Å². The van der Waals surface area contributed by atoms with Crippen LogP contribution in [0, 0.1) is 13.8 Å². The molecule has 1 aromatic heterocycles. The Morgan fingerprint density at radius 2 is 1.67 bits per heavy atom. The monoisotopic (exact) mass is 404 g/mol. The Morgan fingerprint density at radius 3 is 2.23 bits per heavy atom. The summed E-state index contributed by atoms with van der Waals surface area (Å²) in [5.41, 5.74) is 6.26. The van der Waals surface area contributed by atoms with Gasteiger partial charge in [-0.3, -0.25) is 0 Å². The molecule has 0 amide bonds. The molecule has 5 nitrogen and oxygen atoms in total. The van der Waals surface area contributed by atoms with Crippen molar-refractivity contribution in [3.63, 3.8) is 0 Å².